The van der Waals surface area contributed by atoms with Crippen molar-refractivity contribution in [3.8, 4) is 11.5 Å². The molecule has 0 unspecified atom stereocenters. The fourth-order valence-corrected chi connectivity index (χ4v) is 3.30. The molecule has 26 heavy (non-hydrogen) atoms. The Labute approximate surface area is 155 Å². The number of carbonyl (C=O) groups is 2. The van der Waals surface area contributed by atoms with Gasteiger partial charge in [0.25, 0.3) is 5.91 Å². The van der Waals surface area contributed by atoms with Crippen LogP contribution in [-0.2, 0) is 9.59 Å². The standard InChI is InChI=1S/C20H30N2O4/c1-3-4-14-21-19(24)20(12-8-5-9-13-20)22-18(23)15-26-17-11-7-6-10-16(17)25-2/h6-7,10-11H,3-5,8-9,12-15H2,1-2H3,(H,21,24)(H,22,23). The molecule has 2 N–H and O–H groups in total. The van der Waals surface area contributed by atoms with Crippen molar-refractivity contribution in [2.45, 2.75) is 57.4 Å². The Morgan fingerprint density at radius 2 is 1.81 bits per heavy atom. The number of rotatable bonds is 9. The Kier molecular flexibility index (Phi) is 7.75. The summed E-state index contributed by atoms with van der Waals surface area (Å²) >= 11 is 0. The van der Waals surface area contributed by atoms with Gasteiger partial charge in [-0.25, -0.2) is 0 Å². The molecule has 0 saturated heterocycles. The molecule has 0 spiro atoms. The van der Waals surface area contributed by atoms with Crippen molar-refractivity contribution in [3.05, 3.63) is 24.3 Å². The Morgan fingerprint density at radius 1 is 1.12 bits per heavy atom. The highest BCUT2D eigenvalue weighted by atomic mass is 16.5. The molecule has 1 saturated carbocycles. The highest BCUT2D eigenvalue weighted by Gasteiger charge is 2.40. The fraction of sp³-hybridized carbons (Fsp3) is 0.600. The average molecular weight is 362 g/mol. The van der Waals surface area contributed by atoms with E-state index in [-0.39, 0.29) is 18.4 Å². The van der Waals surface area contributed by atoms with E-state index >= 15 is 0 Å². The maximum absolute atomic E-state index is 12.7. The zero-order valence-corrected chi connectivity index (χ0v) is 15.8. The van der Waals surface area contributed by atoms with Crippen molar-refractivity contribution in [1.29, 1.82) is 0 Å². The van der Waals surface area contributed by atoms with E-state index in [0.717, 1.165) is 32.1 Å². The van der Waals surface area contributed by atoms with Crippen LogP contribution in [0.2, 0.25) is 0 Å². The molecule has 0 heterocycles. The summed E-state index contributed by atoms with van der Waals surface area (Å²) in [5, 5.41) is 5.93. The summed E-state index contributed by atoms with van der Waals surface area (Å²) in [5.41, 5.74) is -0.812. The molecule has 6 heteroatoms. The van der Waals surface area contributed by atoms with E-state index in [0.29, 0.717) is 30.9 Å². The predicted octanol–water partition coefficient (Wildman–Crippen LogP) is 2.81. The molecule has 2 amide bonds. The topological polar surface area (TPSA) is 76.7 Å². The van der Waals surface area contributed by atoms with Gasteiger partial charge in [0.15, 0.2) is 18.1 Å². The van der Waals surface area contributed by atoms with Crippen molar-refractivity contribution < 1.29 is 19.1 Å². The first-order valence-electron chi connectivity index (χ1n) is 9.46. The smallest absolute Gasteiger partial charge is 0.258 e. The van der Waals surface area contributed by atoms with E-state index in [4.69, 9.17) is 9.47 Å². The van der Waals surface area contributed by atoms with Crippen LogP contribution in [0.4, 0.5) is 0 Å². The average Bonchev–Trinajstić information content (AvgIpc) is 2.67. The summed E-state index contributed by atoms with van der Waals surface area (Å²) in [5.74, 6) is 0.722. The lowest BCUT2D eigenvalue weighted by Gasteiger charge is -2.36. The van der Waals surface area contributed by atoms with E-state index in [9.17, 15) is 9.59 Å². The summed E-state index contributed by atoms with van der Waals surface area (Å²) in [4.78, 5) is 25.2. The molecule has 6 nitrogen and oxygen atoms in total. The molecule has 0 aromatic heterocycles. The highest BCUT2D eigenvalue weighted by Crippen LogP contribution is 2.29. The first-order chi connectivity index (χ1) is 12.6. The van der Waals surface area contributed by atoms with Gasteiger partial charge in [-0.05, 0) is 31.4 Å². The fourth-order valence-electron chi connectivity index (χ4n) is 3.30. The first-order valence-corrected chi connectivity index (χ1v) is 9.46. The number of methoxy groups -OCH3 is 1. The summed E-state index contributed by atoms with van der Waals surface area (Å²) < 4.78 is 10.8. The number of hydrogen-bond donors (Lipinski definition) is 2. The minimum Gasteiger partial charge on any atom is -0.493 e. The molecule has 0 bridgehead atoms. The van der Waals surface area contributed by atoms with Gasteiger partial charge in [-0.15, -0.1) is 0 Å². The largest absolute Gasteiger partial charge is 0.493 e. The van der Waals surface area contributed by atoms with Crippen LogP contribution in [-0.4, -0.2) is 37.6 Å². The van der Waals surface area contributed by atoms with E-state index in [1.54, 1.807) is 19.2 Å². The van der Waals surface area contributed by atoms with Gasteiger partial charge in [0.2, 0.25) is 5.91 Å². The van der Waals surface area contributed by atoms with Crippen LogP contribution < -0.4 is 20.1 Å². The number of benzene rings is 1. The molecular formula is C20H30N2O4. The van der Waals surface area contributed by atoms with Gasteiger partial charge >= 0.3 is 0 Å². The van der Waals surface area contributed by atoms with Gasteiger partial charge in [-0.2, -0.15) is 0 Å². The Balaban J connectivity index is 1.96. The second-order valence-corrected chi connectivity index (χ2v) is 6.74. The first kappa shape index (κ1) is 20.1. The van der Waals surface area contributed by atoms with E-state index in [1.807, 2.05) is 12.1 Å². The van der Waals surface area contributed by atoms with Crippen LogP contribution in [0.25, 0.3) is 0 Å². The lowest BCUT2D eigenvalue weighted by atomic mass is 9.80. The molecule has 0 radical (unpaired) electrons. The third-order valence-electron chi connectivity index (χ3n) is 4.76. The summed E-state index contributed by atoms with van der Waals surface area (Å²) in [6.45, 7) is 2.58. The van der Waals surface area contributed by atoms with Gasteiger partial charge in [0.05, 0.1) is 7.11 Å². The minimum absolute atomic E-state index is 0.0729. The number of para-hydroxylation sites is 2. The molecular weight excluding hydrogens is 332 g/mol. The van der Waals surface area contributed by atoms with Crippen LogP contribution >= 0.6 is 0 Å². The number of amides is 2. The van der Waals surface area contributed by atoms with E-state index in [2.05, 4.69) is 17.6 Å². The van der Waals surface area contributed by atoms with Gasteiger partial charge in [-0.1, -0.05) is 44.7 Å². The van der Waals surface area contributed by atoms with Gasteiger partial charge in [0.1, 0.15) is 5.54 Å². The number of hydrogen-bond acceptors (Lipinski definition) is 4. The van der Waals surface area contributed by atoms with Crippen molar-refractivity contribution in [1.82, 2.24) is 10.6 Å². The van der Waals surface area contributed by atoms with Gasteiger partial charge < -0.3 is 20.1 Å². The molecule has 144 valence electrons. The molecule has 1 aromatic rings. The van der Waals surface area contributed by atoms with Crippen molar-refractivity contribution in [2.24, 2.45) is 0 Å². The Bertz CT molecular complexity index is 597. The summed E-state index contributed by atoms with van der Waals surface area (Å²) in [7, 11) is 1.56. The van der Waals surface area contributed by atoms with Crippen LogP contribution in [0.1, 0.15) is 51.9 Å². The number of nitrogens with one attached hydrogen (secondary N) is 2. The second kappa shape index (κ2) is 10.0. The third kappa shape index (κ3) is 5.38. The molecule has 0 aliphatic heterocycles. The Morgan fingerprint density at radius 3 is 2.46 bits per heavy atom. The molecule has 0 atom stereocenters. The van der Waals surface area contributed by atoms with Crippen LogP contribution in [0.5, 0.6) is 11.5 Å². The molecule has 1 aliphatic rings. The zero-order valence-electron chi connectivity index (χ0n) is 15.8. The van der Waals surface area contributed by atoms with E-state index in [1.165, 1.54) is 0 Å². The maximum atomic E-state index is 12.7. The van der Waals surface area contributed by atoms with Crippen molar-refractivity contribution in [2.75, 3.05) is 20.3 Å². The molecule has 2 rings (SSSR count). The number of unbranched alkanes of at least 4 members (excludes halogenated alkanes) is 1. The van der Waals surface area contributed by atoms with Crippen LogP contribution in [0.15, 0.2) is 24.3 Å². The maximum Gasteiger partial charge on any atom is 0.258 e. The SMILES string of the molecule is CCCCNC(=O)C1(NC(=O)COc2ccccc2OC)CCCCC1. The number of carbonyl (C=O) groups excluding carboxylic acids is 2. The number of ether oxygens (including phenoxy) is 2. The minimum atomic E-state index is -0.812. The lowest BCUT2D eigenvalue weighted by Crippen LogP contribution is -2.60. The quantitative estimate of drug-likeness (QED) is 0.662. The van der Waals surface area contributed by atoms with Gasteiger partial charge in [-0.3, -0.25) is 9.59 Å². The lowest BCUT2D eigenvalue weighted by molar-refractivity contribution is -0.135. The van der Waals surface area contributed by atoms with Crippen LogP contribution in [0, 0.1) is 0 Å². The summed E-state index contributed by atoms with van der Waals surface area (Å²) in [6.07, 6.45) is 6.27. The van der Waals surface area contributed by atoms with E-state index < -0.39 is 5.54 Å². The van der Waals surface area contributed by atoms with Gasteiger partial charge in [0, 0.05) is 6.54 Å². The van der Waals surface area contributed by atoms with Crippen molar-refractivity contribution >= 4 is 11.8 Å². The molecule has 1 fully saturated rings. The second-order valence-electron chi connectivity index (χ2n) is 6.74. The normalized spacial score (nSPS) is 15.8. The van der Waals surface area contributed by atoms with Crippen LogP contribution in [0.3, 0.4) is 0 Å². The van der Waals surface area contributed by atoms with Crippen molar-refractivity contribution in [3.63, 3.8) is 0 Å². The molecule has 1 aromatic carbocycles. The Hall–Kier alpha value is -2.24. The predicted molar refractivity (Wildman–Crippen MR) is 100 cm³/mol. The highest BCUT2D eigenvalue weighted by molar-refractivity contribution is 5.92. The summed E-state index contributed by atoms with van der Waals surface area (Å²) in [6, 6.07) is 7.18. The monoisotopic (exact) mass is 362 g/mol. The molecule has 1 aliphatic carbocycles. The zero-order chi connectivity index (χ0) is 18.8. The third-order valence-corrected chi connectivity index (χ3v) is 4.76.